The van der Waals surface area contributed by atoms with Gasteiger partial charge in [0.1, 0.15) is 6.61 Å². The minimum atomic E-state index is -0.885. The van der Waals surface area contributed by atoms with Gasteiger partial charge in [0, 0.05) is 42.6 Å². The first-order valence-corrected chi connectivity index (χ1v) is 9.78. The number of pyridine rings is 1. The fourth-order valence-electron chi connectivity index (χ4n) is 3.42. The summed E-state index contributed by atoms with van der Waals surface area (Å²) in [5, 5.41) is 16.8. The summed E-state index contributed by atoms with van der Waals surface area (Å²) in [4.78, 5) is 13.6. The van der Waals surface area contributed by atoms with Crippen LogP contribution in [0.3, 0.4) is 0 Å². The molecule has 0 aliphatic carbocycles. The summed E-state index contributed by atoms with van der Waals surface area (Å²) in [6.07, 6.45) is 7.32. The zero-order valence-electron chi connectivity index (χ0n) is 16.8. The number of hydrogen-bond acceptors (Lipinski definition) is 7. The van der Waals surface area contributed by atoms with Gasteiger partial charge < -0.3 is 24.9 Å². The molecule has 1 aliphatic rings. The fraction of sp³-hybridized carbons (Fsp3) is 0.227. The number of imidazole rings is 1. The summed E-state index contributed by atoms with van der Waals surface area (Å²) in [5.74, 6) is 1.24. The van der Waals surface area contributed by atoms with E-state index in [1.807, 2.05) is 47.1 Å². The van der Waals surface area contributed by atoms with Gasteiger partial charge in [0.15, 0.2) is 11.5 Å². The first kappa shape index (κ1) is 18.4. The highest BCUT2D eigenvalue weighted by Gasteiger charge is 2.17. The van der Waals surface area contributed by atoms with Gasteiger partial charge in [0.2, 0.25) is 5.88 Å². The number of anilines is 3. The highest BCUT2D eigenvalue weighted by Crippen LogP contribution is 2.31. The summed E-state index contributed by atoms with van der Waals surface area (Å²) in [7, 11) is 0. The molecular weight excluding hydrogens is 380 g/mol. The molecular formula is C22H22N6O2. The topological polar surface area (TPSA) is 96.6 Å². The number of aliphatic hydroxyl groups is 1. The molecule has 5 rings (SSSR count). The third kappa shape index (κ3) is 3.42. The van der Waals surface area contributed by atoms with Crippen molar-refractivity contribution in [1.29, 1.82) is 0 Å². The second kappa shape index (κ2) is 7.00. The molecule has 0 fully saturated rings. The number of benzene rings is 1. The average molecular weight is 402 g/mol. The Morgan fingerprint density at radius 3 is 2.83 bits per heavy atom. The maximum absolute atomic E-state index is 10.2. The maximum Gasteiger partial charge on any atom is 0.237 e. The molecule has 0 spiro atoms. The molecule has 3 N–H and O–H groups in total. The summed E-state index contributed by atoms with van der Waals surface area (Å²) < 4.78 is 7.50. The molecule has 152 valence electrons. The molecule has 8 nitrogen and oxygen atoms in total. The Balaban J connectivity index is 1.52. The third-order valence-electron chi connectivity index (χ3n) is 5.03. The molecule has 1 aliphatic heterocycles. The van der Waals surface area contributed by atoms with Crippen molar-refractivity contribution < 1.29 is 9.84 Å². The molecule has 1 aromatic carbocycles. The molecule has 0 unspecified atom stereocenters. The lowest BCUT2D eigenvalue weighted by molar-refractivity contribution is 0.0786. The lowest BCUT2D eigenvalue weighted by Crippen LogP contribution is -2.18. The van der Waals surface area contributed by atoms with Crippen molar-refractivity contribution in [2.24, 2.45) is 0 Å². The maximum atomic E-state index is 10.2. The first-order valence-electron chi connectivity index (χ1n) is 9.78. The molecule has 8 heteroatoms. The van der Waals surface area contributed by atoms with E-state index < -0.39 is 5.60 Å². The SMILES string of the molecule is CC(C)(O)c1ccc(Nc2nc(-c3cnc4c(c3)NCCO4)cn3ccnc23)cc1. The summed E-state index contributed by atoms with van der Waals surface area (Å²) in [5.41, 5.74) is 4.04. The van der Waals surface area contributed by atoms with Crippen LogP contribution < -0.4 is 15.4 Å². The second-order valence-corrected chi connectivity index (χ2v) is 7.75. The van der Waals surface area contributed by atoms with Crippen molar-refractivity contribution in [1.82, 2.24) is 19.4 Å². The van der Waals surface area contributed by atoms with E-state index in [0.717, 1.165) is 40.4 Å². The normalized spacial score (nSPS) is 13.4. The molecule has 0 radical (unpaired) electrons. The van der Waals surface area contributed by atoms with E-state index in [0.29, 0.717) is 18.3 Å². The van der Waals surface area contributed by atoms with Gasteiger partial charge in [-0.1, -0.05) is 12.1 Å². The van der Waals surface area contributed by atoms with E-state index in [2.05, 4.69) is 20.6 Å². The number of rotatable bonds is 4. The van der Waals surface area contributed by atoms with Gasteiger partial charge in [-0.3, -0.25) is 0 Å². The van der Waals surface area contributed by atoms with Crippen LogP contribution in [0.25, 0.3) is 16.9 Å². The zero-order valence-corrected chi connectivity index (χ0v) is 16.8. The number of aromatic nitrogens is 4. The highest BCUT2D eigenvalue weighted by atomic mass is 16.5. The second-order valence-electron chi connectivity index (χ2n) is 7.75. The van der Waals surface area contributed by atoms with Crippen molar-refractivity contribution >= 4 is 22.8 Å². The predicted octanol–water partition coefficient (Wildman–Crippen LogP) is 3.57. The Kier molecular flexibility index (Phi) is 4.29. The molecule has 0 saturated heterocycles. The largest absolute Gasteiger partial charge is 0.474 e. The first-order chi connectivity index (χ1) is 14.5. The van der Waals surface area contributed by atoms with Gasteiger partial charge in [-0.2, -0.15) is 0 Å². The lowest BCUT2D eigenvalue weighted by Gasteiger charge is -2.19. The Morgan fingerprint density at radius 1 is 1.20 bits per heavy atom. The van der Waals surface area contributed by atoms with Crippen LogP contribution in [0.4, 0.5) is 17.2 Å². The molecule has 3 aromatic heterocycles. The summed E-state index contributed by atoms with van der Waals surface area (Å²) in [6, 6.07) is 9.63. The van der Waals surface area contributed by atoms with E-state index in [1.54, 1.807) is 26.2 Å². The monoisotopic (exact) mass is 402 g/mol. The van der Waals surface area contributed by atoms with Gasteiger partial charge in [-0.25, -0.2) is 15.0 Å². The Hall–Kier alpha value is -3.65. The minimum Gasteiger partial charge on any atom is -0.474 e. The number of nitrogens with zero attached hydrogens (tertiary/aromatic N) is 4. The minimum absolute atomic E-state index is 0.610. The molecule has 0 bridgehead atoms. The Labute approximate surface area is 173 Å². The van der Waals surface area contributed by atoms with Crippen molar-refractivity contribution in [3.8, 4) is 17.1 Å². The van der Waals surface area contributed by atoms with Crippen molar-refractivity contribution in [3.63, 3.8) is 0 Å². The quantitative estimate of drug-likeness (QED) is 0.480. The highest BCUT2D eigenvalue weighted by molar-refractivity contribution is 5.75. The molecule has 4 heterocycles. The number of fused-ring (bicyclic) bond motifs is 2. The molecule has 0 saturated carbocycles. The third-order valence-corrected chi connectivity index (χ3v) is 5.03. The van der Waals surface area contributed by atoms with Crippen LogP contribution in [0.1, 0.15) is 19.4 Å². The van der Waals surface area contributed by atoms with Crippen LogP contribution in [-0.2, 0) is 5.60 Å². The Morgan fingerprint density at radius 2 is 2.03 bits per heavy atom. The van der Waals surface area contributed by atoms with Gasteiger partial charge in [-0.05, 0) is 37.6 Å². The number of nitrogens with one attached hydrogen (secondary N) is 2. The van der Waals surface area contributed by atoms with Crippen LogP contribution in [0.2, 0.25) is 0 Å². The van der Waals surface area contributed by atoms with E-state index >= 15 is 0 Å². The van der Waals surface area contributed by atoms with Crippen LogP contribution in [-0.4, -0.2) is 37.6 Å². The fourth-order valence-corrected chi connectivity index (χ4v) is 3.42. The average Bonchev–Trinajstić information content (AvgIpc) is 3.22. The van der Waals surface area contributed by atoms with E-state index in [9.17, 15) is 5.11 Å². The molecule has 4 aromatic rings. The molecule has 0 amide bonds. The summed E-state index contributed by atoms with van der Waals surface area (Å²) in [6.45, 7) is 4.89. The van der Waals surface area contributed by atoms with Crippen LogP contribution >= 0.6 is 0 Å². The zero-order chi connectivity index (χ0) is 20.7. The van der Waals surface area contributed by atoms with Crippen molar-refractivity contribution in [2.45, 2.75) is 19.4 Å². The van der Waals surface area contributed by atoms with Crippen LogP contribution in [0.5, 0.6) is 5.88 Å². The summed E-state index contributed by atoms with van der Waals surface area (Å²) >= 11 is 0. The van der Waals surface area contributed by atoms with E-state index in [4.69, 9.17) is 9.72 Å². The van der Waals surface area contributed by atoms with Crippen LogP contribution in [0, 0.1) is 0 Å². The van der Waals surface area contributed by atoms with Gasteiger partial charge in [0.25, 0.3) is 0 Å². The Bertz CT molecular complexity index is 1210. The van der Waals surface area contributed by atoms with Gasteiger partial charge in [0.05, 0.1) is 17.0 Å². The van der Waals surface area contributed by atoms with Crippen molar-refractivity contribution in [2.75, 3.05) is 23.8 Å². The van der Waals surface area contributed by atoms with Crippen molar-refractivity contribution in [3.05, 3.63) is 60.7 Å². The lowest BCUT2D eigenvalue weighted by atomic mass is 9.98. The predicted molar refractivity (Wildman–Crippen MR) is 115 cm³/mol. The van der Waals surface area contributed by atoms with Gasteiger partial charge >= 0.3 is 0 Å². The molecule has 30 heavy (non-hydrogen) atoms. The standard InChI is InChI=1S/C22H22N6O2/c1-22(2,29)15-3-5-16(6-4-15)26-19-20-24-7-9-28(20)13-18(27-19)14-11-17-21(25-12-14)30-10-8-23-17/h3-7,9,11-13,23,29H,8,10H2,1-2H3,(H,26,27). The van der Waals surface area contributed by atoms with E-state index in [1.165, 1.54) is 0 Å². The van der Waals surface area contributed by atoms with Gasteiger partial charge in [-0.15, -0.1) is 0 Å². The smallest absolute Gasteiger partial charge is 0.237 e. The number of ether oxygens (including phenoxy) is 1. The van der Waals surface area contributed by atoms with Crippen LogP contribution in [0.15, 0.2) is 55.1 Å². The molecule has 0 atom stereocenters. The number of hydrogen-bond donors (Lipinski definition) is 3. The van der Waals surface area contributed by atoms with E-state index in [-0.39, 0.29) is 0 Å².